The van der Waals surface area contributed by atoms with Gasteiger partial charge in [0.15, 0.2) is 0 Å². The maximum absolute atomic E-state index is 13.2. The highest BCUT2D eigenvalue weighted by Gasteiger charge is 2.14. The van der Waals surface area contributed by atoms with E-state index in [9.17, 15) is 4.39 Å². The first-order valence-electron chi connectivity index (χ1n) is 5.63. The molecule has 1 unspecified atom stereocenters. The molecule has 1 aliphatic rings. The van der Waals surface area contributed by atoms with Crippen LogP contribution in [0.15, 0.2) is 18.2 Å². The first kappa shape index (κ1) is 11.2. The zero-order valence-corrected chi connectivity index (χ0v) is 9.21. The van der Waals surface area contributed by atoms with E-state index in [-0.39, 0.29) is 11.5 Å². The van der Waals surface area contributed by atoms with Gasteiger partial charge in [-0.05, 0) is 30.9 Å². The highest BCUT2D eigenvalue weighted by molar-refractivity contribution is 5.66. The molecule has 0 aliphatic carbocycles. The van der Waals surface area contributed by atoms with Gasteiger partial charge in [-0.15, -0.1) is 0 Å². The van der Waals surface area contributed by atoms with Gasteiger partial charge in [0.2, 0.25) is 0 Å². The van der Waals surface area contributed by atoms with E-state index < -0.39 is 0 Å². The summed E-state index contributed by atoms with van der Waals surface area (Å²) in [6, 6.07) is 4.82. The summed E-state index contributed by atoms with van der Waals surface area (Å²) in [6.45, 7) is 2.43. The van der Waals surface area contributed by atoms with Gasteiger partial charge in [-0.3, -0.25) is 0 Å². The van der Waals surface area contributed by atoms with Gasteiger partial charge in [0.05, 0.1) is 18.0 Å². The van der Waals surface area contributed by atoms with Gasteiger partial charge in [0.1, 0.15) is 5.82 Å². The van der Waals surface area contributed by atoms with Crippen LogP contribution in [-0.4, -0.2) is 19.8 Å². The molecule has 0 saturated carbocycles. The highest BCUT2D eigenvalue weighted by Crippen LogP contribution is 2.22. The molecule has 1 saturated heterocycles. The minimum Gasteiger partial charge on any atom is -0.395 e. The number of benzene rings is 1. The summed E-state index contributed by atoms with van der Waals surface area (Å²) in [5.41, 5.74) is 6.50. The second-order valence-electron chi connectivity index (χ2n) is 4.17. The third-order valence-corrected chi connectivity index (χ3v) is 2.89. The number of halogens is 1. The van der Waals surface area contributed by atoms with E-state index in [0.717, 1.165) is 32.6 Å². The maximum Gasteiger partial charge on any atom is 0.148 e. The molecular formula is C12H17FN2O. The predicted octanol–water partition coefficient (Wildman–Crippen LogP) is 2.25. The molecule has 0 amide bonds. The summed E-state index contributed by atoms with van der Waals surface area (Å²) < 4.78 is 18.5. The van der Waals surface area contributed by atoms with Crippen molar-refractivity contribution in [3.63, 3.8) is 0 Å². The summed E-state index contributed by atoms with van der Waals surface area (Å²) in [5, 5.41) is 3.18. The Hall–Kier alpha value is -1.29. The molecule has 0 bridgehead atoms. The molecule has 1 aromatic rings. The molecule has 3 N–H and O–H groups in total. The number of anilines is 2. The van der Waals surface area contributed by atoms with Crippen molar-refractivity contribution in [2.75, 3.05) is 30.8 Å². The van der Waals surface area contributed by atoms with Crippen LogP contribution in [0.2, 0.25) is 0 Å². The monoisotopic (exact) mass is 224 g/mol. The van der Waals surface area contributed by atoms with E-state index in [2.05, 4.69) is 5.32 Å². The standard InChI is InChI=1S/C12H17FN2O/c13-10-4-1-5-11(12(10)14)15-7-9-3-2-6-16-8-9/h1,4-5,9,15H,2-3,6-8,14H2. The highest BCUT2D eigenvalue weighted by atomic mass is 19.1. The first-order valence-corrected chi connectivity index (χ1v) is 5.63. The first-order chi connectivity index (χ1) is 7.77. The summed E-state index contributed by atoms with van der Waals surface area (Å²) in [5.74, 6) is 0.126. The summed E-state index contributed by atoms with van der Waals surface area (Å²) in [4.78, 5) is 0. The van der Waals surface area contributed by atoms with Crippen molar-refractivity contribution in [3.8, 4) is 0 Å². The summed E-state index contributed by atoms with van der Waals surface area (Å²) in [6.07, 6.45) is 2.26. The Bertz CT molecular complexity index is 351. The van der Waals surface area contributed by atoms with Crippen LogP contribution in [0.3, 0.4) is 0 Å². The van der Waals surface area contributed by atoms with Crippen molar-refractivity contribution in [1.82, 2.24) is 0 Å². The number of ether oxygens (including phenoxy) is 1. The zero-order valence-electron chi connectivity index (χ0n) is 9.21. The van der Waals surface area contributed by atoms with Gasteiger partial charge in [-0.1, -0.05) is 6.07 Å². The molecule has 1 fully saturated rings. The smallest absolute Gasteiger partial charge is 0.148 e. The summed E-state index contributed by atoms with van der Waals surface area (Å²) in [7, 11) is 0. The lowest BCUT2D eigenvalue weighted by atomic mass is 10.0. The Morgan fingerprint density at radius 3 is 3.12 bits per heavy atom. The van der Waals surface area contributed by atoms with E-state index in [0.29, 0.717) is 11.6 Å². The molecule has 2 rings (SSSR count). The van der Waals surface area contributed by atoms with Crippen LogP contribution >= 0.6 is 0 Å². The van der Waals surface area contributed by atoms with Crippen molar-refractivity contribution < 1.29 is 9.13 Å². The molecule has 16 heavy (non-hydrogen) atoms. The number of nitrogens with one attached hydrogen (secondary N) is 1. The van der Waals surface area contributed by atoms with Crippen LogP contribution in [-0.2, 0) is 4.74 Å². The van der Waals surface area contributed by atoms with Gasteiger partial charge in [-0.25, -0.2) is 4.39 Å². The Balaban J connectivity index is 1.91. The zero-order chi connectivity index (χ0) is 11.4. The molecular weight excluding hydrogens is 207 g/mol. The minimum atomic E-state index is -0.370. The fourth-order valence-corrected chi connectivity index (χ4v) is 1.91. The topological polar surface area (TPSA) is 47.3 Å². The average Bonchev–Trinajstić information content (AvgIpc) is 2.32. The second kappa shape index (κ2) is 5.16. The van der Waals surface area contributed by atoms with Crippen LogP contribution < -0.4 is 11.1 Å². The molecule has 1 aromatic carbocycles. The van der Waals surface area contributed by atoms with Crippen LogP contribution in [0.5, 0.6) is 0 Å². The Kier molecular flexibility index (Phi) is 3.62. The van der Waals surface area contributed by atoms with Crippen molar-refractivity contribution in [2.45, 2.75) is 12.8 Å². The van der Waals surface area contributed by atoms with Crippen LogP contribution in [0, 0.1) is 11.7 Å². The van der Waals surface area contributed by atoms with Crippen molar-refractivity contribution in [3.05, 3.63) is 24.0 Å². The Morgan fingerprint density at radius 2 is 2.38 bits per heavy atom. The van der Waals surface area contributed by atoms with E-state index in [4.69, 9.17) is 10.5 Å². The molecule has 88 valence electrons. The Labute approximate surface area is 94.8 Å². The average molecular weight is 224 g/mol. The fourth-order valence-electron chi connectivity index (χ4n) is 1.91. The number of nitrogen functional groups attached to an aromatic ring is 1. The maximum atomic E-state index is 13.2. The number of hydrogen-bond acceptors (Lipinski definition) is 3. The Morgan fingerprint density at radius 1 is 1.50 bits per heavy atom. The SMILES string of the molecule is Nc1c(F)cccc1NCC1CCCOC1. The van der Waals surface area contributed by atoms with Crippen molar-refractivity contribution in [1.29, 1.82) is 0 Å². The number of nitrogens with two attached hydrogens (primary N) is 1. The van der Waals surface area contributed by atoms with Crippen molar-refractivity contribution in [2.24, 2.45) is 5.92 Å². The predicted molar refractivity (Wildman–Crippen MR) is 62.8 cm³/mol. The van der Waals surface area contributed by atoms with E-state index >= 15 is 0 Å². The number of hydrogen-bond donors (Lipinski definition) is 2. The van der Waals surface area contributed by atoms with E-state index in [1.165, 1.54) is 6.07 Å². The lowest BCUT2D eigenvalue weighted by molar-refractivity contribution is 0.0595. The quantitative estimate of drug-likeness (QED) is 0.774. The molecule has 1 atom stereocenters. The largest absolute Gasteiger partial charge is 0.395 e. The van der Waals surface area contributed by atoms with Gasteiger partial charge < -0.3 is 15.8 Å². The molecule has 1 aliphatic heterocycles. The third-order valence-electron chi connectivity index (χ3n) is 2.89. The lowest BCUT2D eigenvalue weighted by Gasteiger charge is -2.23. The summed E-state index contributed by atoms with van der Waals surface area (Å²) >= 11 is 0. The molecule has 3 nitrogen and oxygen atoms in total. The van der Waals surface area contributed by atoms with Crippen LogP contribution in [0.1, 0.15) is 12.8 Å². The van der Waals surface area contributed by atoms with E-state index in [1.54, 1.807) is 12.1 Å². The van der Waals surface area contributed by atoms with Crippen LogP contribution in [0.4, 0.5) is 15.8 Å². The van der Waals surface area contributed by atoms with E-state index in [1.807, 2.05) is 0 Å². The number of rotatable bonds is 3. The lowest BCUT2D eigenvalue weighted by Crippen LogP contribution is -2.24. The fraction of sp³-hybridized carbons (Fsp3) is 0.500. The third kappa shape index (κ3) is 2.64. The second-order valence-corrected chi connectivity index (χ2v) is 4.17. The molecule has 1 heterocycles. The molecule has 4 heteroatoms. The van der Waals surface area contributed by atoms with Gasteiger partial charge in [0, 0.05) is 13.2 Å². The van der Waals surface area contributed by atoms with Crippen molar-refractivity contribution >= 4 is 11.4 Å². The van der Waals surface area contributed by atoms with Gasteiger partial charge in [0.25, 0.3) is 0 Å². The normalized spacial score (nSPS) is 20.7. The molecule has 0 spiro atoms. The van der Waals surface area contributed by atoms with Gasteiger partial charge in [-0.2, -0.15) is 0 Å². The molecule has 0 radical (unpaired) electrons. The van der Waals surface area contributed by atoms with Gasteiger partial charge >= 0.3 is 0 Å². The van der Waals surface area contributed by atoms with Crippen LogP contribution in [0.25, 0.3) is 0 Å². The minimum absolute atomic E-state index is 0.194. The number of para-hydroxylation sites is 1. The molecule has 0 aromatic heterocycles.